The van der Waals surface area contributed by atoms with Crippen molar-refractivity contribution in [2.45, 2.75) is 6.54 Å². The van der Waals surface area contributed by atoms with Crippen LogP contribution in [0.25, 0.3) is 0 Å². The van der Waals surface area contributed by atoms with Gasteiger partial charge in [-0.2, -0.15) is 5.26 Å². The average molecular weight is 272 g/mol. The molecule has 100 valence electrons. The Labute approximate surface area is 113 Å². The molecule has 1 N–H and O–H groups in total. The van der Waals surface area contributed by atoms with Gasteiger partial charge in [0.25, 0.3) is 0 Å². The van der Waals surface area contributed by atoms with E-state index in [-0.39, 0.29) is 12.1 Å². The maximum absolute atomic E-state index is 13.2. The van der Waals surface area contributed by atoms with Gasteiger partial charge in [0.15, 0.2) is 5.43 Å². The number of halogens is 1. The number of aromatic nitrogens is 1. The summed E-state index contributed by atoms with van der Waals surface area (Å²) in [6.07, 6.45) is 2.55. The van der Waals surface area contributed by atoms with Crippen LogP contribution in [0, 0.1) is 17.1 Å². The fraction of sp³-hybridized carbons (Fsp3) is 0.0714. The maximum Gasteiger partial charge on any atom is 0.341 e. The second kappa shape index (κ2) is 5.36. The number of carboxylic acids is 1. The van der Waals surface area contributed by atoms with E-state index in [4.69, 9.17) is 10.4 Å². The third kappa shape index (κ3) is 2.72. The molecule has 0 atom stereocenters. The van der Waals surface area contributed by atoms with Crippen molar-refractivity contribution >= 4 is 5.97 Å². The first-order chi connectivity index (χ1) is 9.51. The number of hydrogen-bond donors (Lipinski definition) is 1. The van der Waals surface area contributed by atoms with Gasteiger partial charge in [0.2, 0.25) is 0 Å². The fourth-order valence-electron chi connectivity index (χ4n) is 1.78. The Kier molecular flexibility index (Phi) is 3.62. The third-order valence-corrected chi connectivity index (χ3v) is 2.75. The minimum Gasteiger partial charge on any atom is -0.477 e. The Morgan fingerprint density at radius 3 is 2.80 bits per heavy atom. The van der Waals surface area contributed by atoms with Crippen molar-refractivity contribution in [3.05, 3.63) is 69.4 Å². The van der Waals surface area contributed by atoms with Crippen LogP contribution in [0.2, 0.25) is 0 Å². The smallest absolute Gasteiger partial charge is 0.341 e. The van der Waals surface area contributed by atoms with Gasteiger partial charge in [0, 0.05) is 25.0 Å². The minimum absolute atomic E-state index is 0.0984. The van der Waals surface area contributed by atoms with E-state index in [1.54, 1.807) is 0 Å². The zero-order chi connectivity index (χ0) is 14.7. The van der Waals surface area contributed by atoms with E-state index in [9.17, 15) is 14.0 Å². The van der Waals surface area contributed by atoms with Gasteiger partial charge in [-0.15, -0.1) is 0 Å². The van der Waals surface area contributed by atoms with Crippen molar-refractivity contribution < 1.29 is 14.3 Å². The van der Waals surface area contributed by atoms with E-state index in [0.717, 1.165) is 12.3 Å². The minimum atomic E-state index is -1.33. The topological polar surface area (TPSA) is 83.1 Å². The van der Waals surface area contributed by atoms with Crippen LogP contribution < -0.4 is 5.43 Å². The highest BCUT2D eigenvalue weighted by atomic mass is 19.1. The van der Waals surface area contributed by atoms with Gasteiger partial charge in [-0.05, 0) is 23.8 Å². The maximum atomic E-state index is 13.2. The molecule has 0 bridgehead atoms. The number of rotatable bonds is 3. The lowest BCUT2D eigenvalue weighted by Crippen LogP contribution is -2.17. The van der Waals surface area contributed by atoms with Gasteiger partial charge in [-0.3, -0.25) is 4.79 Å². The van der Waals surface area contributed by atoms with E-state index >= 15 is 0 Å². The summed E-state index contributed by atoms with van der Waals surface area (Å²) in [6.45, 7) is 0.0984. The van der Waals surface area contributed by atoms with Crippen molar-refractivity contribution in [1.29, 1.82) is 5.26 Å². The van der Waals surface area contributed by atoms with Crippen molar-refractivity contribution in [2.24, 2.45) is 0 Å². The molecular formula is C14H9FN2O3. The Hall–Kier alpha value is -2.94. The van der Waals surface area contributed by atoms with Crippen molar-refractivity contribution in [2.75, 3.05) is 0 Å². The zero-order valence-electron chi connectivity index (χ0n) is 10.2. The second-order valence-electron chi connectivity index (χ2n) is 4.11. The van der Waals surface area contributed by atoms with Gasteiger partial charge in [-0.25, -0.2) is 9.18 Å². The second-order valence-corrected chi connectivity index (χ2v) is 4.11. The number of hydrogen-bond acceptors (Lipinski definition) is 3. The molecule has 0 aliphatic heterocycles. The van der Waals surface area contributed by atoms with Crippen LogP contribution in [0.1, 0.15) is 21.5 Å². The molecule has 0 saturated carbocycles. The monoisotopic (exact) mass is 272 g/mol. The van der Waals surface area contributed by atoms with Crippen molar-refractivity contribution in [3.63, 3.8) is 0 Å². The molecule has 0 spiro atoms. The number of carbonyl (C=O) groups is 1. The summed E-state index contributed by atoms with van der Waals surface area (Å²) >= 11 is 0. The van der Waals surface area contributed by atoms with Gasteiger partial charge in [0.1, 0.15) is 11.4 Å². The lowest BCUT2D eigenvalue weighted by molar-refractivity contribution is 0.0694. The molecule has 0 unspecified atom stereocenters. The average Bonchev–Trinajstić information content (AvgIpc) is 2.41. The molecule has 0 amide bonds. The summed E-state index contributed by atoms with van der Waals surface area (Å²) in [5, 5.41) is 17.8. The van der Waals surface area contributed by atoms with Crippen LogP contribution in [-0.4, -0.2) is 15.6 Å². The van der Waals surface area contributed by atoms with Crippen LogP contribution in [0.3, 0.4) is 0 Å². The van der Waals surface area contributed by atoms with E-state index in [2.05, 4.69) is 0 Å². The number of nitrogens with zero attached hydrogens (tertiary/aromatic N) is 2. The molecule has 1 aromatic carbocycles. The lowest BCUT2D eigenvalue weighted by Gasteiger charge is -2.09. The summed E-state index contributed by atoms with van der Waals surface area (Å²) in [5.41, 5.74) is -0.273. The van der Waals surface area contributed by atoms with Crippen molar-refractivity contribution in [3.8, 4) is 6.07 Å². The molecule has 2 rings (SSSR count). The molecule has 0 aliphatic rings. The van der Waals surface area contributed by atoms with E-state index < -0.39 is 17.2 Å². The SMILES string of the molecule is N#Cc1ccc(F)cc1Cn1ccc(=O)c(C(=O)O)c1. The highest BCUT2D eigenvalue weighted by Crippen LogP contribution is 2.12. The number of pyridine rings is 1. The van der Waals surface area contributed by atoms with E-state index in [1.807, 2.05) is 6.07 Å². The Bertz CT molecular complexity index is 775. The predicted octanol–water partition coefficient (Wildman–Crippen LogP) is 1.61. The molecule has 2 aromatic rings. The number of benzene rings is 1. The molecule has 0 fully saturated rings. The Morgan fingerprint density at radius 2 is 2.15 bits per heavy atom. The van der Waals surface area contributed by atoms with Gasteiger partial charge < -0.3 is 9.67 Å². The van der Waals surface area contributed by atoms with Crippen LogP contribution in [0.5, 0.6) is 0 Å². The number of aromatic carboxylic acids is 1. The van der Waals surface area contributed by atoms with Gasteiger partial charge in [0.05, 0.1) is 11.6 Å². The molecule has 20 heavy (non-hydrogen) atoms. The molecule has 0 aliphatic carbocycles. The molecule has 1 aromatic heterocycles. The molecule has 0 saturated heterocycles. The summed E-state index contributed by atoms with van der Waals surface area (Å²) in [4.78, 5) is 22.2. The molecule has 6 heteroatoms. The largest absolute Gasteiger partial charge is 0.477 e. The number of carboxylic acid groups (broad SMARTS) is 1. The van der Waals surface area contributed by atoms with Crippen LogP contribution >= 0.6 is 0 Å². The standard InChI is InChI=1S/C14H9FN2O3/c15-11-2-1-9(6-16)10(5-11)7-17-4-3-13(18)12(8-17)14(19)20/h1-5,8H,7H2,(H,19,20). The molecular weight excluding hydrogens is 263 g/mol. The summed E-state index contributed by atoms with van der Waals surface area (Å²) in [7, 11) is 0. The third-order valence-electron chi connectivity index (χ3n) is 2.75. The molecule has 5 nitrogen and oxygen atoms in total. The molecule has 0 radical (unpaired) electrons. The first-order valence-corrected chi connectivity index (χ1v) is 5.63. The fourth-order valence-corrected chi connectivity index (χ4v) is 1.78. The number of nitriles is 1. The van der Waals surface area contributed by atoms with E-state index in [0.29, 0.717) is 11.1 Å². The van der Waals surface area contributed by atoms with Gasteiger partial charge >= 0.3 is 5.97 Å². The Morgan fingerprint density at radius 1 is 1.40 bits per heavy atom. The predicted molar refractivity (Wildman–Crippen MR) is 67.9 cm³/mol. The first kappa shape index (κ1) is 13.5. The quantitative estimate of drug-likeness (QED) is 0.920. The highest BCUT2D eigenvalue weighted by molar-refractivity contribution is 5.86. The summed E-state index contributed by atoms with van der Waals surface area (Å²) in [6, 6.07) is 6.79. The van der Waals surface area contributed by atoms with Gasteiger partial charge in [-0.1, -0.05) is 0 Å². The summed E-state index contributed by atoms with van der Waals surface area (Å²) in [5.74, 6) is -1.82. The zero-order valence-corrected chi connectivity index (χ0v) is 10.2. The summed E-state index contributed by atoms with van der Waals surface area (Å²) < 4.78 is 14.6. The normalized spacial score (nSPS) is 10.0. The van der Waals surface area contributed by atoms with Crippen LogP contribution in [-0.2, 0) is 6.54 Å². The van der Waals surface area contributed by atoms with Crippen LogP contribution in [0.15, 0.2) is 41.5 Å². The van der Waals surface area contributed by atoms with Crippen molar-refractivity contribution in [1.82, 2.24) is 4.57 Å². The lowest BCUT2D eigenvalue weighted by atomic mass is 10.1. The van der Waals surface area contributed by atoms with E-state index in [1.165, 1.54) is 29.0 Å². The highest BCUT2D eigenvalue weighted by Gasteiger charge is 2.10. The molecule has 1 heterocycles. The van der Waals surface area contributed by atoms with Crippen LogP contribution in [0.4, 0.5) is 4.39 Å². The first-order valence-electron chi connectivity index (χ1n) is 5.63. The Balaban J connectivity index is 2.43.